The SMILES string of the molecule is CCCCCNC(=O)OCCn1nnc2c1-c1ccccc1CN(C(=O)CCNC(=O)CCOCCC)c1ccccc1-2.CCCCCNC(=O)OCCn1nnc2c1-c1ccccc1N(C(=O)CCNC(=O)CCOCCC)Cc1ccccc1-2. The highest BCUT2D eigenvalue weighted by molar-refractivity contribution is 6.01. The first kappa shape index (κ1) is 65.1. The number of carbonyl (C=O) groups is 6. The third-order valence-corrected chi connectivity index (χ3v) is 14.3. The zero-order chi connectivity index (χ0) is 60.9. The number of alkyl carbamates (subject to hydrolysis) is 2. The van der Waals surface area contributed by atoms with Gasteiger partial charge in [-0.1, -0.05) is 149 Å². The van der Waals surface area contributed by atoms with Crippen LogP contribution in [0.2, 0.25) is 0 Å². The van der Waals surface area contributed by atoms with Gasteiger partial charge in [0, 0.05) is 87.3 Å². The largest absolute Gasteiger partial charge is 0.448 e. The number of hydrogen-bond donors (Lipinski definition) is 4. The van der Waals surface area contributed by atoms with Gasteiger partial charge in [0.25, 0.3) is 0 Å². The summed E-state index contributed by atoms with van der Waals surface area (Å²) in [6.45, 7) is 13.4. The second-order valence-corrected chi connectivity index (χ2v) is 20.8. The number of nitrogens with one attached hydrogen (secondary N) is 4. The molecule has 0 spiro atoms. The summed E-state index contributed by atoms with van der Waals surface area (Å²) < 4.78 is 25.1. The van der Waals surface area contributed by atoms with Crippen molar-refractivity contribution in [1.29, 1.82) is 0 Å². The average molecular weight is 1180 g/mol. The molecule has 0 radical (unpaired) electrons. The van der Waals surface area contributed by atoms with E-state index >= 15 is 0 Å². The Hall–Kier alpha value is -8.50. The van der Waals surface area contributed by atoms with Crippen LogP contribution >= 0.6 is 0 Å². The minimum absolute atomic E-state index is 0.112. The predicted octanol–water partition coefficient (Wildman–Crippen LogP) is 9.40. The van der Waals surface area contributed by atoms with Crippen molar-refractivity contribution < 1.29 is 47.7 Å². The van der Waals surface area contributed by atoms with Crippen molar-refractivity contribution in [2.45, 2.75) is 131 Å². The number of hydrogen-bond acceptors (Lipinski definition) is 14. The summed E-state index contributed by atoms with van der Waals surface area (Å²) in [6.07, 6.45) is 7.82. The van der Waals surface area contributed by atoms with Gasteiger partial charge in [0.2, 0.25) is 23.6 Å². The second kappa shape index (κ2) is 35.1. The quantitative estimate of drug-likeness (QED) is 0.0307. The van der Waals surface area contributed by atoms with Crippen LogP contribution in [0.1, 0.15) is 116 Å². The fourth-order valence-electron chi connectivity index (χ4n) is 9.96. The van der Waals surface area contributed by atoms with Crippen LogP contribution in [-0.4, -0.2) is 132 Å². The van der Waals surface area contributed by atoms with Gasteiger partial charge in [-0.05, 0) is 48.9 Å². The van der Waals surface area contributed by atoms with Gasteiger partial charge >= 0.3 is 12.2 Å². The molecule has 4 N–H and O–H groups in total. The highest BCUT2D eigenvalue weighted by Crippen LogP contribution is 2.43. The van der Waals surface area contributed by atoms with Gasteiger partial charge in [0.05, 0.1) is 62.2 Å². The zero-order valence-electron chi connectivity index (χ0n) is 50.3. The van der Waals surface area contributed by atoms with Crippen molar-refractivity contribution in [3.8, 4) is 45.0 Å². The van der Waals surface area contributed by atoms with E-state index in [4.69, 9.17) is 18.9 Å². The molecule has 0 unspecified atom stereocenters. The number of benzene rings is 4. The first-order chi connectivity index (χ1) is 42.1. The Morgan fingerprint density at radius 1 is 0.430 bits per heavy atom. The number of amides is 6. The van der Waals surface area contributed by atoms with E-state index in [0.29, 0.717) is 77.1 Å². The van der Waals surface area contributed by atoms with Crippen LogP contribution in [0.25, 0.3) is 45.0 Å². The van der Waals surface area contributed by atoms with Crippen molar-refractivity contribution in [1.82, 2.24) is 51.3 Å². The van der Waals surface area contributed by atoms with Crippen LogP contribution in [0.3, 0.4) is 0 Å². The molecule has 2 aromatic heterocycles. The minimum Gasteiger partial charge on any atom is -0.448 e. The average Bonchev–Trinajstić information content (AvgIpc) is 1.95. The lowest BCUT2D eigenvalue weighted by molar-refractivity contribution is -0.124. The zero-order valence-corrected chi connectivity index (χ0v) is 50.3. The number of nitrogens with zero attached hydrogens (tertiary/aromatic N) is 8. The van der Waals surface area contributed by atoms with Gasteiger partial charge in [0.15, 0.2) is 0 Å². The molecule has 0 saturated heterocycles. The molecule has 6 aromatic rings. The number of unbranched alkanes of at least 4 members (excludes halogenated alkanes) is 4. The lowest BCUT2D eigenvalue weighted by atomic mass is 9.95. The van der Waals surface area contributed by atoms with E-state index in [0.717, 1.165) is 108 Å². The highest BCUT2D eigenvalue weighted by Gasteiger charge is 2.31. The maximum Gasteiger partial charge on any atom is 0.407 e. The van der Waals surface area contributed by atoms with E-state index in [1.54, 1.807) is 19.2 Å². The van der Waals surface area contributed by atoms with Gasteiger partial charge in [-0.25, -0.2) is 19.0 Å². The molecule has 2 aliphatic heterocycles. The molecule has 22 nitrogen and oxygen atoms in total. The Balaban J connectivity index is 0.000000246. The summed E-state index contributed by atoms with van der Waals surface area (Å²) in [5.74, 6) is -0.505. The van der Waals surface area contributed by atoms with Crippen LogP contribution in [0.4, 0.5) is 21.0 Å². The molecule has 2 aliphatic rings. The Bertz CT molecular complexity index is 3160. The molecule has 4 heterocycles. The summed E-state index contributed by atoms with van der Waals surface area (Å²) in [5.41, 5.74) is 9.56. The lowest BCUT2D eigenvalue weighted by Crippen LogP contribution is -2.35. The highest BCUT2D eigenvalue weighted by atomic mass is 16.6. The van der Waals surface area contributed by atoms with Crippen LogP contribution < -0.4 is 31.1 Å². The van der Waals surface area contributed by atoms with Gasteiger partial charge in [-0.2, -0.15) is 0 Å². The van der Waals surface area contributed by atoms with Crippen molar-refractivity contribution in [2.75, 3.05) is 75.6 Å². The lowest BCUT2D eigenvalue weighted by Gasteiger charge is -2.29. The van der Waals surface area contributed by atoms with E-state index in [1.807, 2.05) is 111 Å². The third kappa shape index (κ3) is 18.7. The summed E-state index contributed by atoms with van der Waals surface area (Å²) in [5, 5.41) is 29.2. The summed E-state index contributed by atoms with van der Waals surface area (Å²) in [4.78, 5) is 79.5. The van der Waals surface area contributed by atoms with Gasteiger partial charge < -0.3 is 50.0 Å². The number of fused-ring (bicyclic) bond motifs is 10. The van der Waals surface area contributed by atoms with E-state index in [2.05, 4.69) is 55.7 Å². The topological polar surface area (TPSA) is 255 Å². The Labute approximate surface area is 504 Å². The van der Waals surface area contributed by atoms with Crippen molar-refractivity contribution in [2.24, 2.45) is 0 Å². The van der Waals surface area contributed by atoms with Crippen molar-refractivity contribution in [3.63, 3.8) is 0 Å². The normalized spacial score (nSPS) is 11.9. The summed E-state index contributed by atoms with van der Waals surface area (Å²) >= 11 is 0. The Morgan fingerprint density at radius 3 is 1.35 bits per heavy atom. The fourth-order valence-corrected chi connectivity index (χ4v) is 9.96. The molecule has 8 rings (SSSR count). The molecule has 86 heavy (non-hydrogen) atoms. The van der Waals surface area contributed by atoms with E-state index < -0.39 is 12.2 Å². The van der Waals surface area contributed by atoms with E-state index in [-0.39, 0.29) is 75.6 Å². The molecular formula is C64H84N12O10. The molecule has 4 aromatic carbocycles. The first-order valence-corrected chi connectivity index (χ1v) is 30.4. The number of anilines is 2. The molecule has 0 saturated carbocycles. The summed E-state index contributed by atoms with van der Waals surface area (Å²) in [7, 11) is 0. The van der Waals surface area contributed by atoms with E-state index in [1.165, 1.54) is 0 Å². The number of ether oxygens (including phenoxy) is 4. The molecule has 0 bridgehead atoms. The van der Waals surface area contributed by atoms with Crippen LogP contribution in [0, 0.1) is 0 Å². The number of para-hydroxylation sites is 2. The predicted molar refractivity (Wildman–Crippen MR) is 329 cm³/mol. The monoisotopic (exact) mass is 1180 g/mol. The second-order valence-electron chi connectivity index (χ2n) is 20.8. The van der Waals surface area contributed by atoms with Crippen molar-refractivity contribution in [3.05, 3.63) is 108 Å². The van der Waals surface area contributed by atoms with Gasteiger partial charge in [0.1, 0.15) is 24.6 Å². The Kier molecular flexibility index (Phi) is 26.5. The van der Waals surface area contributed by atoms with Crippen LogP contribution in [0.15, 0.2) is 97.1 Å². The molecular weight excluding hydrogens is 1100 g/mol. The minimum atomic E-state index is -0.456. The first-order valence-electron chi connectivity index (χ1n) is 30.4. The van der Waals surface area contributed by atoms with Gasteiger partial charge in [-0.3, -0.25) is 19.2 Å². The van der Waals surface area contributed by atoms with Crippen molar-refractivity contribution >= 4 is 47.2 Å². The maximum absolute atomic E-state index is 13.7. The molecule has 6 amide bonds. The van der Waals surface area contributed by atoms with Gasteiger partial charge in [-0.15, -0.1) is 10.2 Å². The number of rotatable bonds is 30. The Morgan fingerprint density at radius 2 is 0.849 bits per heavy atom. The standard InChI is InChI=1S/2C32H42N6O5/c1-3-5-10-17-34-32(41)43-22-19-38-31-25-12-7-6-11-24(25)23-37(27-14-9-8-13-26(27)30(31)35-36-38)29(40)15-18-33-28(39)16-21-42-20-4-2;1-3-5-10-17-34-32(41)43-22-19-38-31-26-13-8-9-14-27(26)37(23-24-11-6-7-12-25(24)30(31)35-36-38)29(40)15-18-33-28(39)16-21-42-20-4-2/h2*6-9,11-14H,3-5,10,15-23H2,1-2H3,(H,33,39)(H,34,41). The molecule has 0 atom stereocenters. The molecule has 0 fully saturated rings. The molecule has 0 aliphatic carbocycles. The fraction of sp³-hybridized carbons (Fsp3) is 0.469. The molecule has 22 heteroatoms. The van der Waals surface area contributed by atoms with Crippen LogP contribution in [0.5, 0.6) is 0 Å². The third-order valence-electron chi connectivity index (χ3n) is 14.3. The van der Waals surface area contributed by atoms with E-state index in [9.17, 15) is 28.8 Å². The summed E-state index contributed by atoms with van der Waals surface area (Å²) in [6, 6.07) is 31.0. The molecule has 460 valence electrons. The number of aromatic nitrogens is 6. The smallest absolute Gasteiger partial charge is 0.407 e. The van der Waals surface area contributed by atoms with Crippen LogP contribution in [-0.2, 0) is 64.3 Å². The number of carbonyl (C=O) groups excluding carboxylic acids is 6. The maximum atomic E-state index is 13.7.